The summed E-state index contributed by atoms with van der Waals surface area (Å²) in [6.45, 7) is 3.55. The average Bonchev–Trinajstić information content (AvgIpc) is 3.11. The molecule has 2 heterocycles. The molecule has 3 aromatic rings. The van der Waals surface area contributed by atoms with Crippen LogP contribution in [0.1, 0.15) is 27.2 Å². The van der Waals surface area contributed by atoms with Gasteiger partial charge in [0, 0.05) is 18.8 Å². The maximum absolute atomic E-state index is 12.8. The third kappa shape index (κ3) is 3.18. The molecule has 0 aliphatic carbocycles. The molecule has 130 valence electrons. The first-order valence-corrected chi connectivity index (χ1v) is 8.86. The molecule has 4 heteroatoms. The van der Waals surface area contributed by atoms with Gasteiger partial charge in [0.05, 0.1) is 11.9 Å². The fourth-order valence-corrected chi connectivity index (χ4v) is 3.32. The van der Waals surface area contributed by atoms with E-state index in [2.05, 4.69) is 35.4 Å². The first-order valence-electron chi connectivity index (χ1n) is 8.86. The molecular formula is C22H21N3O. The lowest BCUT2D eigenvalue weighted by Crippen LogP contribution is -2.29. The van der Waals surface area contributed by atoms with Crippen molar-refractivity contribution in [2.45, 2.75) is 19.9 Å². The van der Waals surface area contributed by atoms with E-state index < -0.39 is 0 Å². The van der Waals surface area contributed by atoms with Crippen LogP contribution in [-0.4, -0.2) is 17.4 Å². The highest BCUT2D eigenvalue weighted by atomic mass is 16.2. The maximum Gasteiger partial charge on any atom is 0.276 e. The van der Waals surface area contributed by atoms with Crippen LogP contribution in [0.4, 0.5) is 11.4 Å². The topological polar surface area (TPSA) is 45.2 Å². The molecule has 0 bridgehead atoms. The summed E-state index contributed by atoms with van der Waals surface area (Å²) in [6.07, 6.45) is 2.63. The summed E-state index contributed by atoms with van der Waals surface area (Å²) in [7, 11) is 0. The minimum Gasteiger partial charge on any atom is -0.380 e. The third-order valence-electron chi connectivity index (χ3n) is 4.86. The van der Waals surface area contributed by atoms with Gasteiger partial charge in [-0.15, -0.1) is 0 Å². The molecule has 0 unspecified atom stereocenters. The number of carbonyl (C=O) groups excluding carboxylic acids is 1. The van der Waals surface area contributed by atoms with E-state index >= 15 is 0 Å². The standard InChI is InChI=1S/C22H21N3O/c1-16-6-2-3-8-18(16)14-23-19-10-11-20(24-15-19)22(26)25-13-12-17-7-4-5-9-21(17)25/h2-11,15,23H,12-14H2,1H3. The van der Waals surface area contributed by atoms with Gasteiger partial charge in [-0.1, -0.05) is 42.5 Å². The largest absolute Gasteiger partial charge is 0.380 e. The molecule has 4 rings (SSSR count). The highest BCUT2D eigenvalue weighted by Crippen LogP contribution is 2.28. The number of rotatable bonds is 4. The lowest BCUT2D eigenvalue weighted by molar-refractivity contribution is 0.0984. The van der Waals surface area contributed by atoms with Crippen molar-refractivity contribution < 1.29 is 4.79 Å². The Hall–Kier alpha value is -3.14. The summed E-state index contributed by atoms with van der Waals surface area (Å²) in [5.41, 5.74) is 6.11. The van der Waals surface area contributed by atoms with Crippen molar-refractivity contribution in [2.75, 3.05) is 16.8 Å². The summed E-state index contributed by atoms with van der Waals surface area (Å²) >= 11 is 0. The van der Waals surface area contributed by atoms with Gasteiger partial charge in [0.15, 0.2) is 0 Å². The number of para-hydroxylation sites is 1. The number of nitrogens with zero attached hydrogens (tertiary/aromatic N) is 2. The Bertz CT molecular complexity index is 934. The number of hydrogen-bond acceptors (Lipinski definition) is 3. The van der Waals surface area contributed by atoms with Crippen LogP contribution in [0.3, 0.4) is 0 Å². The predicted octanol–water partition coefficient (Wildman–Crippen LogP) is 4.21. The maximum atomic E-state index is 12.8. The Labute approximate surface area is 153 Å². The van der Waals surface area contributed by atoms with E-state index in [4.69, 9.17) is 0 Å². The summed E-state index contributed by atoms with van der Waals surface area (Å²) in [5.74, 6) is -0.0413. The summed E-state index contributed by atoms with van der Waals surface area (Å²) in [5, 5.41) is 3.37. The van der Waals surface area contributed by atoms with Gasteiger partial charge >= 0.3 is 0 Å². The highest BCUT2D eigenvalue weighted by Gasteiger charge is 2.25. The number of fused-ring (bicyclic) bond motifs is 1. The SMILES string of the molecule is Cc1ccccc1CNc1ccc(C(=O)N2CCc3ccccc32)nc1. The predicted molar refractivity (Wildman–Crippen MR) is 105 cm³/mol. The Morgan fingerprint density at radius 3 is 2.69 bits per heavy atom. The zero-order valence-corrected chi connectivity index (χ0v) is 14.8. The zero-order valence-electron chi connectivity index (χ0n) is 14.8. The van der Waals surface area contributed by atoms with Crippen LogP contribution in [0.2, 0.25) is 0 Å². The van der Waals surface area contributed by atoms with Gasteiger partial charge in [-0.25, -0.2) is 4.98 Å². The number of carbonyl (C=O) groups is 1. The van der Waals surface area contributed by atoms with Gasteiger partial charge < -0.3 is 10.2 Å². The second-order valence-electron chi connectivity index (χ2n) is 6.55. The monoisotopic (exact) mass is 343 g/mol. The number of anilines is 2. The molecule has 26 heavy (non-hydrogen) atoms. The molecule has 0 saturated heterocycles. The Balaban J connectivity index is 1.45. The van der Waals surface area contributed by atoms with Crippen molar-refractivity contribution in [3.63, 3.8) is 0 Å². The van der Waals surface area contributed by atoms with E-state index in [1.165, 1.54) is 16.7 Å². The fourth-order valence-electron chi connectivity index (χ4n) is 3.32. The van der Waals surface area contributed by atoms with Crippen LogP contribution in [-0.2, 0) is 13.0 Å². The molecule has 1 aromatic heterocycles. The summed E-state index contributed by atoms with van der Waals surface area (Å²) in [4.78, 5) is 19.0. The van der Waals surface area contributed by atoms with E-state index in [1.54, 1.807) is 12.3 Å². The molecule has 1 aliphatic heterocycles. The van der Waals surface area contributed by atoms with Crippen LogP contribution in [0.25, 0.3) is 0 Å². The normalized spacial score (nSPS) is 12.7. The van der Waals surface area contributed by atoms with E-state index in [-0.39, 0.29) is 5.91 Å². The molecule has 0 atom stereocenters. The van der Waals surface area contributed by atoms with Gasteiger partial charge in [0.1, 0.15) is 5.69 Å². The molecule has 1 amide bonds. The number of hydrogen-bond donors (Lipinski definition) is 1. The summed E-state index contributed by atoms with van der Waals surface area (Å²) < 4.78 is 0. The first-order chi connectivity index (χ1) is 12.7. The minimum atomic E-state index is -0.0413. The Morgan fingerprint density at radius 2 is 1.88 bits per heavy atom. The molecule has 2 aromatic carbocycles. The van der Waals surface area contributed by atoms with E-state index in [1.807, 2.05) is 41.3 Å². The van der Waals surface area contributed by atoms with Crippen molar-refractivity contribution in [3.05, 3.63) is 89.2 Å². The Kier molecular flexibility index (Phi) is 4.40. The molecule has 4 nitrogen and oxygen atoms in total. The van der Waals surface area contributed by atoms with Crippen LogP contribution < -0.4 is 10.2 Å². The second-order valence-corrected chi connectivity index (χ2v) is 6.55. The van der Waals surface area contributed by atoms with Crippen molar-refractivity contribution in [1.29, 1.82) is 0 Å². The zero-order chi connectivity index (χ0) is 17.9. The van der Waals surface area contributed by atoms with E-state index in [9.17, 15) is 4.79 Å². The van der Waals surface area contributed by atoms with Crippen molar-refractivity contribution in [1.82, 2.24) is 4.98 Å². The van der Waals surface area contributed by atoms with Gasteiger partial charge in [-0.2, -0.15) is 0 Å². The van der Waals surface area contributed by atoms with Gasteiger partial charge in [0.2, 0.25) is 0 Å². The molecule has 1 N–H and O–H groups in total. The van der Waals surface area contributed by atoms with Gasteiger partial charge in [0.25, 0.3) is 5.91 Å². The molecule has 0 saturated carbocycles. The number of pyridine rings is 1. The van der Waals surface area contributed by atoms with Gasteiger partial charge in [-0.3, -0.25) is 4.79 Å². The second kappa shape index (κ2) is 7.00. The van der Waals surface area contributed by atoms with Crippen LogP contribution in [0.15, 0.2) is 66.9 Å². The van der Waals surface area contributed by atoms with Gasteiger partial charge in [-0.05, 0) is 48.2 Å². The van der Waals surface area contributed by atoms with Crippen LogP contribution >= 0.6 is 0 Å². The van der Waals surface area contributed by atoms with Crippen LogP contribution in [0, 0.1) is 6.92 Å². The molecular weight excluding hydrogens is 322 g/mol. The molecule has 0 fully saturated rings. The number of aromatic nitrogens is 1. The molecule has 0 radical (unpaired) electrons. The smallest absolute Gasteiger partial charge is 0.276 e. The van der Waals surface area contributed by atoms with Crippen LogP contribution in [0.5, 0.6) is 0 Å². The molecule has 1 aliphatic rings. The van der Waals surface area contributed by atoms with E-state index in [0.29, 0.717) is 12.2 Å². The lowest BCUT2D eigenvalue weighted by atomic mass is 10.1. The average molecular weight is 343 g/mol. The summed E-state index contributed by atoms with van der Waals surface area (Å²) in [6, 6.07) is 20.1. The van der Waals surface area contributed by atoms with Crippen molar-refractivity contribution in [2.24, 2.45) is 0 Å². The number of benzene rings is 2. The van der Waals surface area contributed by atoms with Crippen molar-refractivity contribution >= 4 is 17.3 Å². The lowest BCUT2D eigenvalue weighted by Gasteiger charge is -2.17. The Morgan fingerprint density at radius 1 is 1.08 bits per heavy atom. The number of nitrogens with one attached hydrogen (secondary N) is 1. The van der Waals surface area contributed by atoms with E-state index in [0.717, 1.165) is 24.3 Å². The minimum absolute atomic E-state index is 0.0413. The highest BCUT2D eigenvalue weighted by molar-refractivity contribution is 6.06. The first kappa shape index (κ1) is 16.3. The molecule has 0 spiro atoms. The number of amides is 1. The fraction of sp³-hybridized carbons (Fsp3) is 0.182. The van der Waals surface area contributed by atoms with Crippen molar-refractivity contribution in [3.8, 4) is 0 Å². The third-order valence-corrected chi connectivity index (χ3v) is 4.86. The quantitative estimate of drug-likeness (QED) is 0.772. The number of aryl methyl sites for hydroxylation is 1.